The van der Waals surface area contributed by atoms with Crippen molar-refractivity contribution in [3.63, 3.8) is 0 Å². The van der Waals surface area contributed by atoms with Gasteiger partial charge in [-0.05, 0) is 92.7 Å². The van der Waals surface area contributed by atoms with Crippen molar-refractivity contribution in [1.82, 2.24) is 15.2 Å². The van der Waals surface area contributed by atoms with E-state index in [1.54, 1.807) is 40.8 Å². The highest BCUT2D eigenvalue weighted by atomic mass is 16.7. The number of carbonyl (C=O) groups excluding carboxylic acids is 3. The summed E-state index contributed by atoms with van der Waals surface area (Å²) in [6.45, 7) is 14.2. The molecule has 0 saturated carbocycles. The molecule has 66 heavy (non-hydrogen) atoms. The average molecular weight is 933 g/mol. The lowest BCUT2D eigenvalue weighted by Gasteiger charge is -2.49. The number of aliphatic hydroxyl groups is 5. The Morgan fingerprint density at radius 1 is 0.939 bits per heavy atom. The van der Waals surface area contributed by atoms with E-state index in [1.807, 2.05) is 56.3 Å². The van der Waals surface area contributed by atoms with Crippen LogP contribution in [0.2, 0.25) is 0 Å². The molecule has 3 aliphatic rings. The molecule has 1 aromatic carbocycles. The Bertz CT molecular complexity index is 1950. The maximum absolute atomic E-state index is 14.7. The summed E-state index contributed by atoms with van der Waals surface area (Å²) in [5, 5.41) is 65.9. The first-order valence-electron chi connectivity index (χ1n) is 23.2. The number of likely N-dealkylation sites (N-methyl/N-ethyl adjacent to an activating group) is 1. The molecule has 2 aromatic rings. The number of nitrogens with one attached hydrogen (secondary N) is 2. The van der Waals surface area contributed by atoms with Crippen molar-refractivity contribution < 1.29 is 68.3 Å². The van der Waals surface area contributed by atoms with Crippen LogP contribution in [0.25, 0.3) is 10.9 Å². The Kier molecular flexibility index (Phi) is 17.8. The lowest BCUT2D eigenvalue weighted by molar-refractivity contribution is -0.318. The van der Waals surface area contributed by atoms with Crippen LogP contribution in [0.5, 0.6) is 0 Å². The second-order valence-electron chi connectivity index (χ2n) is 20.0. The minimum Gasteiger partial charge on any atom is -0.459 e. The highest BCUT2D eigenvalue weighted by Crippen LogP contribution is 2.41. The van der Waals surface area contributed by atoms with E-state index in [1.165, 1.54) is 27.9 Å². The summed E-state index contributed by atoms with van der Waals surface area (Å²) >= 11 is 0. The van der Waals surface area contributed by atoms with E-state index >= 15 is 0 Å². The highest BCUT2D eigenvalue weighted by Gasteiger charge is 2.53. The smallest absolute Gasteiger partial charge is 0.311 e. The van der Waals surface area contributed by atoms with Crippen LogP contribution in [0, 0.1) is 23.7 Å². The molecule has 0 bridgehead atoms. The van der Waals surface area contributed by atoms with Crippen molar-refractivity contribution in [3.05, 3.63) is 36.5 Å². The molecule has 372 valence electrons. The normalized spacial score (nSPS) is 41.0. The first-order valence-corrected chi connectivity index (χ1v) is 23.2. The quantitative estimate of drug-likeness (QED) is 0.151. The van der Waals surface area contributed by atoms with Gasteiger partial charge in [0.05, 0.1) is 59.7 Å². The monoisotopic (exact) mass is 933 g/mol. The second-order valence-corrected chi connectivity index (χ2v) is 20.0. The number of carbonyl (C=O) groups is 3. The van der Waals surface area contributed by atoms with Crippen LogP contribution < -0.4 is 10.6 Å². The van der Waals surface area contributed by atoms with Crippen molar-refractivity contribution in [3.8, 4) is 0 Å². The Morgan fingerprint density at radius 2 is 1.64 bits per heavy atom. The third-order valence-corrected chi connectivity index (χ3v) is 14.2. The largest absolute Gasteiger partial charge is 0.459 e. The predicted molar refractivity (Wildman–Crippen MR) is 244 cm³/mol. The number of aliphatic hydroxyl groups excluding tert-OH is 3. The topological polar surface area (TPSA) is 248 Å². The molecule has 3 fully saturated rings. The van der Waals surface area contributed by atoms with Gasteiger partial charge in [-0.25, -0.2) is 0 Å². The number of esters is 1. The fourth-order valence-corrected chi connectivity index (χ4v) is 10.0. The maximum atomic E-state index is 14.7. The van der Waals surface area contributed by atoms with Crippen LogP contribution >= 0.6 is 0 Å². The number of benzene rings is 1. The number of cyclic esters (lactones) is 1. The molecule has 4 heterocycles. The maximum Gasteiger partial charge on any atom is 0.311 e. The zero-order chi connectivity index (χ0) is 49.1. The number of nitrogens with zero attached hydrogens (tertiary/aromatic N) is 2. The highest BCUT2D eigenvalue weighted by molar-refractivity contribution is 5.85. The summed E-state index contributed by atoms with van der Waals surface area (Å²) in [4.78, 5) is 48.2. The zero-order valence-corrected chi connectivity index (χ0v) is 40.7. The predicted octanol–water partition coefficient (Wildman–Crippen LogP) is 2.54. The molecule has 18 heteroatoms. The zero-order valence-electron chi connectivity index (χ0n) is 40.7. The molecule has 14 unspecified atom stereocenters. The van der Waals surface area contributed by atoms with Gasteiger partial charge in [0.1, 0.15) is 29.7 Å². The van der Waals surface area contributed by atoms with Gasteiger partial charge in [0.2, 0.25) is 5.91 Å². The number of anilines is 1. The van der Waals surface area contributed by atoms with Crippen LogP contribution in [-0.4, -0.2) is 172 Å². The van der Waals surface area contributed by atoms with Crippen LogP contribution in [0.3, 0.4) is 0 Å². The van der Waals surface area contributed by atoms with E-state index in [0.29, 0.717) is 12.1 Å². The van der Waals surface area contributed by atoms with Gasteiger partial charge in [0.25, 0.3) is 0 Å². The average Bonchev–Trinajstić information content (AvgIpc) is 3.26. The van der Waals surface area contributed by atoms with Crippen molar-refractivity contribution in [2.24, 2.45) is 23.7 Å². The first kappa shape index (κ1) is 53.6. The van der Waals surface area contributed by atoms with Gasteiger partial charge in [0, 0.05) is 67.6 Å². The molecule has 1 aromatic heterocycles. The van der Waals surface area contributed by atoms with Gasteiger partial charge in [-0.3, -0.25) is 19.4 Å². The number of Topliss-reactive ketones (excluding diaryl/α,β-unsaturated/α-hetero) is 1. The lowest BCUT2D eigenvalue weighted by atomic mass is 9.74. The van der Waals surface area contributed by atoms with Gasteiger partial charge >= 0.3 is 5.97 Å². The molecular weight excluding hydrogens is 857 g/mol. The van der Waals surface area contributed by atoms with E-state index in [-0.39, 0.29) is 44.5 Å². The lowest BCUT2D eigenvalue weighted by Crippen LogP contribution is -2.61. The van der Waals surface area contributed by atoms with Crippen LogP contribution in [-0.2, 0) is 42.8 Å². The number of ketones is 1. The molecular formula is C48H76N4O14. The number of hydrogen-bond donors (Lipinski definition) is 7. The standard InChI is InChI=1S/C48H76N4O14/c1-25-22-46(7,59)43(66-45-39(55)34(52(10)11)20-26(2)62-45)28(4)40(65-37-23-47(8,61-12)42(57)30(6)63-37)29(5)44(58)64-35(48(9,60)41(56)27(3)38(25)54)17-19-50-36(53)24-51-32-15-16-33-31(21-32)14-13-18-49-33/h13-16,18,21,25-30,34-35,37,39-43,45,51,55-57,59-60H,17,19-20,22-24H2,1-12H3,(H,50,53)/t25-,26?,27+,28+,29?,30?,34?,35-,37?,39?,40?,41?,42?,43?,45?,46?,47?,48?/m1/s1. The Morgan fingerprint density at radius 3 is 2.30 bits per heavy atom. The number of hydrogen-bond acceptors (Lipinski definition) is 17. The number of pyridine rings is 1. The molecule has 3 aliphatic heterocycles. The minimum absolute atomic E-state index is 0.0357. The minimum atomic E-state index is -2.22. The van der Waals surface area contributed by atoms with Crippen molar-refractivity contribution >= 4 is 34.3 Å². The molecule has 0 aliphatic carbocycles. The van der Waals surface area contributed by atoms with Gasteiger partial charge in [-0.1, -0.05) is 26.8 Å². The molecule has 18 atom stereocenters. The SMILES string of the molecule is COC1(C)CC(OC2C(C)C(=O)O[C@H](CCNC(=O)CNc3ccc4ncccc4c3)C(C)(O)C(O)[C@@H](C)C(=O)[C@H](C)CC(C)(O)C(OC3OC(C)CC(N(C)C)C3O)[C@H]2C)OC(C)C1O. The van der Waals surface area contributed by atoms with Crippen LogP contribution in [0.1, 0.15) is 88.0 Å². The Balaban J connectivity index is 1.48. The van der Waals surface area contributed by atoms with Crippen LogP contribution in [0.15, 0.2) is 36.5 Å². The summed E-state index contributed by atoms with van der Waals surface area (Å²) in [5.74, 6) is -6.02. The molecule has 5 rings (SSSR count). The fraction of sp³-hybridized carbons (Fsp3) is 0.750. The number of fused-ring (bicyclic) bond motifs is 1. The number of aromatic nitrogens is 1. The molecule has 18 nitrogen and oxygen atoms in total. The van der Waals surface area contributed by atoms with Gasteiger partial charge in [-0.15, -0.1) is 0 Å². The second kappa shape index (κ2) is 21.9. The summed E-state index contributed by atoms with van der Waals surface area (Å²) in [6, 6.07) is 8.87. The number of ether oxygens (including phenoxy) is 6. The number of rotatable bonds is 12. The van der Waals surface area contributed by atoms with E-state index < -0.39 is 113 Å². The summed E-state index contributed by atoms with van der Waals surface area (Å²) in [5.41, 5.74) is -3.70. The summed E-state index contributed by atoms with van der Waals surface area (Å²) in [6.07, 6.45) is -9.46. The molecule has 3 saturated heterocycles. The van der Waals surface area contributed by atoms with Crippen LogP contribution in [0.4, 0.5) is 5.69 Å². The van der Waals surface area contributed by atoms with Crippen molar-refractivity contribution in [2.45, 2.75) is 172 Å². The molecule has 1 amide bonds. The number of amides is 1. The van der Waals surface area contributed by atoms with E-state index in [4.69, 9.17) is 28.4 Å². The third-order valence-electron chi connectivity index (χ3n) is 14.2. The van der Waals surface area contributed by atoms with Gasteiger partial charge < -0.3 is 69.5 Å². The third kappa shape index (κ3) is 12.2. The van der Waals surface area contributed by atoms with E-state index in [2.05, 4.69) is 15.6 Å². The van der Waals surface area contributed by atoms with Crippen molar-refractivity contribution in [1.29, 1.82) is 0 Å². The summed E-state index contributed by atoms with van der Waals surface area (Å²) in [7, 11) is 5.13. The number of methoxy groups -OCH3 is 1. The molecule has 7 N–H and O–H groups in total. The first-order chi connectivity index (χ1) is 30.8. The van der Waals surface area contributed by atoms with E-state index in [0.717, 1.165) is 10.9 Å². The Hall–Kier alpha value is -3.40. The molecule has 0 spiro atoms. The van der Waals surface area contributed by atoms with Crippen molar-refractivity contribution in [2.75, 3.05) is 39.6 Å². The molecule has 0 radical (unpaired) electrons. The fourth-order valence-electron chi connectivity index (χ4n) is 10.0. The van der Waals surface area contributed by atoms with Gasteiger partial charge in [0.15, 0.2) is 12.6 Å². The van der Waals surface area contributed by atoms with Gasteiger partial charge in [-0.2, -0.15) is 0 Å². The Labute approximate surface area is 389 Å². The summed E-state index contributed by atoms with van der Waals surface area (Å²) < 4.78 is 37.6. The van der Waals surface area contributed by atoms with E-state index in [9.17, 15) is 39.9 Å².